The third kappa shape index (κ3) is 2.04. The van der Waals surface area contributed by atoms with Gasteiger partial charge in [-0.2, -0.15) is 0 Å². The minimum absolute atomic E-state index is 0.725. The van der Waals surface area contributed by atoms with Gasteiger partial charge < -0.3 is 4.90 Å². The molecule has 1 aromatic rings. The Labute approximate surface area is 97.9 Å². The Morgan fingerprint density at radius 1 is 1.19 bits per heavy atom. The fourth-order valence-corrected chi connectivity index (χ4v) is 2.70. The number of aryl methyl sites for hydroxylation is 1. The van der Waals surface area contributed by atoms with E-state index in [0.717, 1.165) is 23.5 Å². The molecule has 1 aromatic heterocycles. The van der Waals surface area contributed by atoms with Gasteiger partial charge in [0, 0.05) is 25.0 Å². The molecule has 0 N–H and O–H groups in total. The Bertz CT molecular complexity index is 334. The molecular formula is C13H21N3. The zero-order valence-corrected chi connectivity index (χ0v) is 10.5. The van der Waals surface area contributed by atoms with Crippen molar-refractivity contribution < 1.29 is 0 Å². The van der Waals surface area contributed by atoms with Gasteiger partial charge in [0.1, 0.15) is 0 Å². The van der Waals surface area contributed by atoms with Crippen LogP contribution in [0.4, 0.5) is 5.95 Å². The average molecular weight is 219 g/mol. The first-order valence-corrected chi connectivity index (χ1v) is 6.38. The number of fused-ring (bicyclic) bond motifs is 2. The predicted octanol–water partition coefficient (Wildman–Crippen LogP) is 2.80. The fraction of sp³-hybridized carbons (Fsp3) is 0.692. The lowest BCUT2D eigenvalue weighted by atomic mass is 10.1. The maximum atomic E-state index is 4.39. The van der Waals surface area contributed by atoms with Crippen LogP contribution >= 0.6 is 0 Å². The van der Waals surface area contributed by atoms with Crippen molar-refractivity contribution in [3.05, 3.63) is 18.0 Å². The van der Waals surface area contributed by atoms with Crippen LogP contribution in [0.2, 0.25) is 0 Å². The topological polar surface area (TPSA) is 29.0 Å². The Balaban J connectivity index is 0.000000457. The number of aromatic nitrogens is 2. The van der Waals surface area contributed by atoms with Gasteiger partial charge in [-0.25, -0.2) is 9.97 Å². The lowest BCUT2D eigenvalue weighted by Crippen LogP contribution is -2.33. The zero-order chi connectivity index (χ0) is 11.5. The number of hydrogen-bond acceptors (Lipinski definition) is 3. The zero-order valence-electron chi connectivity index (χ0n) is 10.5. The molecule has 16 heavy (non-hydrogen) atoms. The number of anilines is 1. The summed E-state index contributed by atoms with van der Waals surface area (Å²) in [5, 5.41) is 0. The second-order valence-corrected chi connectivity index (χ2v) is 4.55. The third-order valence-electron chi connectivity index (χ3n) is 3.43. The van der Waals surface area contributed by atoms with Crippen LogP contribution in [0.25, 0.3) is 0 Å². The molecule has 0 aromatic carbocycles. The van der Waals surface area contributed by atoms with Crippen LogP contribution in [0.3, 0.4) is 0 Å². The van der Waals surface area contributed by atoms with E-state index in [1.807, 2.05) is 33.2 Å². The van der Waals surface area contributed by atoms with Gasteiger partial charge in [0.25, 0.3) is 0 Å². The van der Waals surface area contributed by atoms with E-state index in [9.17, 15) is 0 Å². The number of hydrogen-bond donors (Lipinski definition) is 0. The van der Waals surface area contributed by atoms with Crippen LogP contribution < -0.4 is 4.90 Å². The van der Waals surface area contributed by atoms with Crippen molar-refractivity contribution in [2.45, 2.75) is 46.1 Å². The summed E-state index contributed by atoms with van der Waals surface area (Å²) in [6, 6.07) is 0.725. The molecule has 3 rings (SSSR count). The highest BCUT2D eigenvalue weighted by molar-refractivity contribution is 5.35. The van der Waals surface area contributed by atoms with E-state index in [0.29, 0.717) is 0 Å². The van der Waals surface area contributed by atoms with Gasteiger partial charge in [0.15, 0.2) is 0 Å². The van der Waals surface area contributed by atoms with Gasteiger partial charge in [-0.1, -0.05) is 13.8 Å². The Kier molecular flexibility index (Phi) is 3.42. The van der Waals surface area contributed by atoms with Gasteiger partial charge in [-0.15, -0.1) is 0 Å². The molecule has 2 aliphatic rings. The molecule has 3 heteroatoms. The van der Waals surface area contributed by atoms with Crippen molar-refractivity contribution in [3.8, 4) is 0 Å². The van der Waals surface area contributed by atoms with E-state index in [1.165, 1.54) is 25.8 Å². The summed E-state index contributed by atoms with van der Waals surface area (Å²) in [5.41, 5.74) is 1.14. The normalized spacial score (nSPS) is 26.6. The molecule has 2 bridgehead atoms. The van der Waals surface area contributed by atoms with E-state index in [-0.39, 0.29) is 0 Å². The second kappa shape index (κ2) is 4.81. The number of rotatable bonds is 1. The number of piperidine rings is 1. The summed E-state index contributed by atoms with van der Waals surface area (Å²) in [5.74, 6) is 1.84. The van der Waals surface area contributed by atoms with E-state index in [1.54, 1.807) is 0 Å². The van der Waals surface area contributed by atoms with Gasteiger partial charge in [-0.3, -0.25) is 0 Å². The van der Waals surface area contributed by atoms with E-state index in [2.05, 4.69) is 14.9 Å². The minimum atomic E-state index is 0.725. The molecule has 88 valence electrons. The second-order valence-electron chi connectivity index (χ2n) is 4.55. The summed E-state index contributed by atoms with van der Waals surface area (Å²) in [6.45, 7) is 7.20. The van der Waals surface area contributed by atoms with E-state index in [4.69, 9.17) is 0 Å². The molecule has 2 atom stereocenters. The van der Waals surface area contributed by atoms with Crippen molar-refractivity contribution >= 4 is 5.95 Å². The molecule has 0 radical (unpaired) electrons. The van der Waals surface area contributed by atoms with Crippen molar-refractivity contribution in [2.75, 3.05) is 11.4 Å². The molecule has 1 saturated heterocycles. The maximum absolute atomic E-state index is 4.39. The highest BCUT2D eigenvalue weighted by atomic mass is 15.3. The molecule has 3 nitrogen and oxygen atoms in total. The minimum Gasteiger partial charge on any atom is -0.338 e. The molecule has 2 fully saturated rings. The van der Waals surface area contributed by atoms with Crippen LogP contribution in [-0.4, -0.2) is 22.6 Å². The average Bonchev–Trinajstić information content (AvgIpc) is 2.94. The van der Waals surface area contributed by atoms with Gasteiger partial charge >= 0.3 is 0 Å². The molecule has 0 spiro atoms. The molecule has 1 aliphatic carbocycles. The summed E-state index contributed by atoms with van der Waals surface area (Å²) < 4.78 is 0. The van der Waals surface area contributed by atoms with Crippen LogP contribution in [0.5, 0.6) is 0 Å². The molecule has 0 amide bonds. The van der Waals surface area contributed by atoms with Crippen LogP contribution in [0.1, 0.15) is 38.7 Å². The highest BCUT2D eigenvalue weighted by Gasteiger charge is 2.38. The largest absolute Gasteiger partial charge is 0.338 e. The predicted molar refractivity (Wildman–Crippen MR) is 66.6 cm³/mol. The molecule has 1 saturated carbocycles. The summed E-state index contributed by atoms with van der Waals surface area (Å²) in [7, 11) is 0. The van der Waals surface area contributed by atoms with Crippen molar-refractivity contribution in [2.24, 2.45) is 5.92 Å². The first-order valence-electron chi connectivity index (χ1n) is 6.38. The first-order chi connectivity index (χ1) is 7.83. The molecule has 1 aliphatic heterocycles. The lowest BCUT2D eigenvalue weighted by Gasteiger charge is -2.26. The fourth-order valence-electron chi connectivity index (χ4n) is 2.70. The van der Waals surface area contributed by atoms with Crippen LogP contribution in [0.15, 0.2) is 12.4 Å². The monoisotopic (exact) mass is 219 g/mol. The first kappa shape index (κ1) is 11.4. The highest BCUT2D eigenvalue weighted by Crippen LogP contribution is 2.38. The Morgan fingerprint density at radius 2 is 1.88 bits per heavy atom. The lowest BCUT2D eigenvalue weighted by molar-refractivity contribution is 0.546. The molecule has 2 unspecified atom stereocenters. The summed E-state index contributed by atoms with van der Waals surface area (Å²) >= 11 is 0. The Hall–Kier alpha value is -1.12. The quantitative estimate of drug-likeness (QED) is 0.727. The third-order valence-corrected chi connectivity index (χ3v) is 3.43. The molecular weight excluding hydrogens is 198 g/mol. The maximum Gasteiger partial charge on any atom is 0.225 e. The van der Waals surface area contributed by atoms with E-state index < -0.39 is 0 Å². The smallest absolute Gasteiger partial charge is 0.225 e. The summed E-state index contributed by atoms with van der Waals surface area (Å²) in [6.07, 6.45) is 7.93. The Morgan fingerprint density at radius 3 is 2.38 bits per heavy atom. The van der Waals surface area contributed by atoms with Gasteiger partial charge in [0.05, 0.1) is 0 Å². The SMILES string of the molecule is CC.Cc1cnc(N2CC3CCC2C3)nc1. The van der Waals surface area contributed by atoms with E-state index >= 15 is 0 Å². The van der Waals surface area contributed by atoms with Gasteiger partial charge in [0.2, 0.25) is 5.95 Å². The summed E-state index contributed by atoms with van der Waals surface area (Å²) in [4.78, 5) is 11.2. The number of nitrogens with zero attached hydrogens (tertiary/aromatic N) is 3. The molecule has 2 heterocycles. The van der Waals surface area contributed by atoms with Crippen molar-refractivity contribution in [1.29, 1.82) is 0 Å². The van der Waals surface area contributed by atoms with Crippen molar-refractivity contribution in [1.82, 2.24) is 9.97 Å². The van der Waals surface area contributed by atoms with Gasteiger partial charge in [-0.05, 0) is 37.7 Å². The van der Waals surface area contributed by atoms with Crippen LogP contribution in [-0.2, 0) is 0 Å². The van der Waals surface area contributed by atoms with Crippen molar-refractivity contribution in [3.63, 3.8) is 0 Å². The van der Waals surface area contributed by atoms with Crippen LogP contribution in [0, 0.1) is 12.8 Å². The standard InChI is InChI=1S/C11H15N3.C2H6/c1-8-5-12-11(13-6-8)14-7-9-2-3-10(14)4-9;1-2/h5-6,9-10H,2-4,7H2,1H3;1-2H3.